The van der Waals surface area contributed by atoms with Crippen LogP contribution in [0.3, 0.4) is 0 Å². The normalized spacial score (nSPS) is 14.3. The number of amides is 1. The number of aromatic nitrogens is 4. The molecule has 0 radical (unpaired) electrons. The summed E-state index contributed by atoms with van der Waals surface area (Å²) in [5, 5.41) is 7.04. The third-order valence-electron chi connectivity index (χ3n) is 5.91. The Kier molecular flexibility index (Phi) is 5.08. The molecule has 0 atom stereocenters. The number of hydrogen-bond donors (Lipinski definition) is 1. The molecule has 3 aromatic rings. The third-order valence-corrected chi connectivity index (χ3v) is 5.91. The second-order valence-corrected chi connectivity index (χ2v) is 7.96. The lowest BCUT2D eigenvalue weighted by Gasteiger charge is -2.20. The first-order valence-electron chi connectivity index (χ1n) is 10.6. The third kappa shape index (κ3) is 3.59. The number of aryl methyl sites for hydroxylation is 2. The van der Waals surface area contributed by atoms with E-state index in [1.807, 2.05) is 18.3 Å². The molecule has 5 rings (SSSR count). The number of benzene rings is 1. The van der Waals surface area contributed by atoms with E-state index in [9.17, 15) is 9.59 Å². The summed E-state index contributed by atoms with van der Waals surface area (Å²) in [7, 11) is 2.93. The lowest BCUT2D eigenvalue weighted by Crippen LogP contribution is -2.30. The number of nitrogens with one attached hydrogen (secondary N) is 1. The van der Waals surface area contributed by atoms with Crippen molar-refractivity contribution >= 4 is 11.9 Å². The average Bonchev–Trinajstić information content (AvgIpc) is 3.58. The number of fused-ring (bicyclic) bond motifs is 3. The van der Waals surface area contributed by atoms with Crippen LogP contribution in [0.4, 0.5) is 0 Å². The van der Waals surface area contributed by atoms with Crippen molar-refractivity contribution in [1.82, 2.24) is 25.1 Å². The molecule has 32 heavy (non-hydrogen) atoms. The number of ether oxygens (including phenoxy) is 2. The van der Waals surface area contributed by atoms with Gasteiger partial charge in [0, 0.05) is 17.7 Å². The largest absolute Gasteiger partial charge is 0.497 e. The first-order chi connectivity index (χ1) is 15.6. The number of nitrogens with zero attached hydrogens (tertiary/aromatic N) is 4. The van der Waals surface area contributed by atoms with Crippen molar-refractivity contribution < 1.29 is 19.1 Å². The van der Waals surface area contributed by atoms with Gasteiger partial charge in [-0.1, -0.05) is 6.07 Å². The molecular formula is C23H23N5O4. The topological polar surface area (TPSA) is 108 Å². The summed E-state index contributed by atoms with van der Waals surface area (Å²) in [5.41, 5.74) is 5.39. The molecule has 2 aromatic heterocycles. The highest BCUT2D eigenvalue weighted by Gasteiger charge is 2.34. The van der Waals surface area contributed by atoms with E-state index in [0.29, 0.717) is 11.5 Å². The monoisotopic (exact) mass is 433 g/mol. The van der Waals surface area contributed by atoms with Crippen molar-refractivity contribution in [2.24, 2.45) is 0 Å². The van der Waals surface area contributed by atoms with Gasteiger partial charge in [0.15, 0.2) is 0 Å². The first-order valence-corrected chi connectivity index (χ1v) is 10.6. The number of esters is 1. The van der Waals surface area contributed by atoms with Crippen LogP contribution in [0.5, 0.6) is 5.75 Å². The summed E-state index contributed by atoms with van der Waals surface area (Å²) < 4.78 is 11.7. The summed E-state index contributed by atoms with van der Waals surface area (Å²) in [5.74, 6) is 0.540. The molecule has 1 N–H and O–H groups in total. The zero-order valence-corrected chi connectivity index (χ0v) is 17.9. The van der Waals surface area contributed by atoms with Gasteiger partial charge in [-0.05, 0) is 48.9 Å². The Morgan fingerprint density at radius 1 is 1.16 bits per heavy atom. The van der Waals surface area contributed by atoms with E-state index < -0.39 is 5.97 Å². The van der Waals surface area contributed by atoms with Crippen LogP contribution in [0.1, 0.15) is 45.9 Å². The van der Waals surface area contributed by atoms with Gasteiger partial charge < -0.3 is 14.8 Å². The van der Waals surface area contributed by atoms with Crippen molar-refractivity contribution in [2.75, 3.05) is 20.8 Å². The summed E-state index contributed by atoms with van der Waals surface area (Å²) >= 11 is 0. The van der Waals surface area contributed by atoms with Gasteiger partial charge in [-0.3, -0.25) is 9.59 Å². The maximum atomic E-state index is 12.7. The standard InChI is InChI=1S/C23H23N5O4/c1-31-16-8-7-13-3-6-15-10-25-23(27-20(15)17(13)9-16)28-21(14-4-5-14)18(11-26-28)22(30)24-12-19(29)32-2/h7-11,14H,3-6,12H2,1-2H3,(H,24,30). The zero-order valence-electron chi connectivity index (χ0n) is 17.9. The van der Waals surface area contributed by atoms with Crippen LogP contribution in [0.25, 0.3) is 17.2 Å². The fourth-order valence-corrected chi connectivity index (χ4v) is 4.07. The highest BCUT2D eigenvalue weighted by atomic mass is 16.5. The van der Waals surface area contributed by atoms with E-state index in [4.69, 9.17) is 9.72 Å². The molecule has 1 saturated carbocycles. The van der Waals surface area contributed by atoms with Gasteiger partial charge in [0.1, 0.15) is 12.3 Å². The molecule has 0 unspecified atom stereocenters. The van der Waals surface area contributed by atoms with Crippen LogP contribution in [-0.4, -0.2) is 52.4 Å². The highest BCUT2D eigenvalue weighted by molar-refractivity contribution is 5.97. The maximum absolute atomic E-state index is 12.7. The highest BCUT2D eigenvalue weighted by Crippen LogP contribution is 2.42. The van der Waals surface area contributed by atoms with Gasteiger partial charge in [-0.15, -0.1) is 0 Å². The average molecular weight is 433 g/mol. The van der Waals surface area contributed by atoms with E-state index >= 15 is 0 Å². The predicted molar refractivity (Wildman–Crippen MR) is 115 cm³/mol. The molecule has 1 fully saturated rings. The maximum Gasteiger partial charge on any atom is 0.325 e. The number of hydrogen-bond acceptors (Lipinski definition) is 7. The van der Waals surface area contributed by atoms with Crippen LogP contribution in [-0.2, 0) is 22.4 Å². The van der Waals surface area contributed by atoms with Crippen LogP contribution >= 0.6 is 0 Å². The molecule has 2 aliphatic rings. The summed E-state index contributed by atoms with van der Waals surface area (Å²) in [4.78, 5) is 33.5. The van der Waals surface area contributed by atoms with Crippen molar-refractivity contribution in [3.63, 3.8) is 0 Å². The van der Waals surface area contributed by atoms with Crippen molar-refractivity contribution in [1.29, 1.82) is 0 Å². The second-order valence-electron chi connectivity index (χ2n) is 7.96. The van der Waals surface area contributed by atoms with E-state index in [1.54, 1.807) is 11.8 Å². The minimum absolute atomic E-state index is 0.196. The Morgan fingerprint density at radius 3 is 2.72 bits per heavy atom. The molecule has 2 heterocycles. The first kappa shape index (κ1) is 20.2. The number of carbonyl (C=O) groups is 2. The SMILES string of the molecule is COC(=O)CNC(=O)c1cnn(-c2ncc3c(n2)-c2cc(OC)ccc2CC3)c1C1CC1. The molecule has 1 aromatic carbocycles. The quantitative estimate of drug-likeness (QED) is 0.594. The molecule has 1 amide bonds. The Balaban J connectivity index is 1.53. The summed E-state index contributed by atoms with van der Waals surface area (Å²) in [6, 6.07) is 6.04. The van der Waals surface area contributed by atoms with Crippen LogP contribution in [0.15, 0.2) is 30.6 Å². The molecular weight excluding hydrogens is 410 g/mol. The predicted octanol–water partition coefficient (Wildman–Crippen LogP) is 2.22. The van der Waals surface area contributed by atoms with Crippen LogP contribution in [0, 0.1) is 0 Å². The summed E-state index contributed by atoms with van der Waals surface area (Å²) in [6.07, 6.45) is 7.08. The van der Waals surface area contributed by atoms with Crippen LogP contribution < -0.4 is 10.1 Å². The molecule has 9 heteroatoms. The fraction of sp³-hybridized carbons (Fsp3) is 0.348. The van der Waals surface area contributed by atoms with Gasteiger partial charge in [-0.2, -0.15) is 5.10 Å². The Bertz CT molecular complexity index is 1220. The van der Waals surface area contributed by atoms with Crippen molar-refractivity contribution in [2.45, 2.75) is 31.6 Å². The zero-order chi connectivity index (χ0) is 22.2. The van der Waals surface area contributed by atoms with Gasteiger partial charge in [-0.25, -0.2) is 14.6 Å². The minimum atomic E-state index is -0.508. The van der Waals surface area contributed by atoms with E-state index in [0.717, 1.165) is 53.9 Å². The molecule has 9 nitrogen and oxygen atoms in total. The minimum Gasteiger partial charge on any atom is -0.497 e. The van der Waals surface area contributed by atoms with Gasteiger partial charge in [0.2, 0.25) is 0 Å². The smallest absolute Gasteiger partial charge is 0.325 e. The van der Waals surface area contributed by atoms with E-state index in [1.165, 1.54) is 18.9 Å². The molecule has 164 valence electrons. The number of carbonyl (C=O) groups excluding carboxylic acids is 2. The Hall–Kier alpha value is -3.75. The lowest BCUT2D eigenvalue weighted by molar-refractivity contribution is -0.139. The van der Waals surface area contributed by atoms with Crippen molar-refractivity contribution in [3.05, 3.63) is 53.0 Å². The second kappa shape index (κ2) is 8.07. The lowest BCUT2D eigenvalue weighted by atomic mass is 9.90. The molecule has 2 aliphatic carbocycles. The number of rotatable bonds is 6. The Morgan fingerprint density at radius 2 is 1.97 bits per heavy atom. The van der Waals surface area contributed by atoms with Gasteiger partial charge in [0.05, 0.1) is 37.4 Å². The summed E-state index contributed by atoms with van der Waals surface area (Å²) in [6.45, 7) is -0.196. The molecule has 0 spiro atoms. The molecule has 0 aliphatic heterocycles. The van der Waals surface area contributed by atoms with Gasteiger partial charge in [0.25, 0.3) is 11.9 Å². The van der Waals surface area contributed by atoms with Crippen molar-refractivity contribution in [3.8, 4) is 23.0 Å². The Labute approximate surface area is 184 Å². The fourth-order valence-electron chi connectivity index (χ4n) is 4.07. The molecule has 0 bridgehead atoms. The van der Waals surface area contributed by atoms with Crippen LogP contribution in [0.2, 0.25) is 0 Å². The number of methoxy groups -OCH3 is 2. The van der Waals surface area contributed by atoms with E-state index in [-0.39, 0.29) is 18.4 Å². The molecule has 0 saturated heterocycles. The van der Waals surface area contributed by atoms with Gasteiger partial charge >= 0.3 is 5.97 Å². The van der Waals surface area contributed by atoms with E-state index in [2.05, 4.69) is 26.2 Å².